The highest BCUT2D eigenvalue weighted by atomic mass is 35.5. The molecule has 0 aromatic heterocycles. The van der Waals surface area contributed by atoms with Crippen molar-refractivity contribution in [1.29, 1.82) is 0 Å². The van der Waals surface area contributed by atoms with Crippen LogP contribution in [0, 0.1) is 5.41 Å². The summed E-state index contributed by atoms with van der Waals surface area (Å²) in [5.41, 5.74) is 5.31. The molecule has 5 heteroatoms. The molecule has 0 unspecified atom stereocenters. The van der Waals surface area contributed by atoms with Crippen molar-refractivity contribution in [2.24, 2.45) is 5.41 Å². The predicted molar refractivity (Wildman–Crippen MR) is 147 cm³/mol. The minimum Gasteiger partial charge on any atom is -0.372 e. The smallest absolute Gasteiger partial charge is 0.0726 e. The van der Waals surface area contributed by atoms with Gasteiger partial charge in [-0.05, 0) is 100 Å². The molecule has 2 atom stereocenters. The fourth-order valence-electron chi connectivity index (χ4n) is 7.44. The largest absolute Gasteiger partial charge is 0.372 e. The number of anilines is 2. The first-order valence-electron chi connectivity index (χ1n) is 14.1. The van der Waals surface area contributed by atoms with Gasteiger partial charge in [-0.25, -0.2) is 0 Å². The summed E-state index contributed by atoms with van der Waals surface area (Å²) in [5, 5.41) is 0. The Balaban J connectivity index is 0.00000274. The van der Waals surface area contributed by atoms with Crippen molar-refractivity contribution in [2.45, 2.75) is 96.7 Å². The summed E-state index contributed by atoms with van der Waals surface area (Å²) in [5.74, 6) is 0.732. The summed E-state index contributed by atoms with van der Waals surface area (Å²) in [4.78, 5) is 7.92. The van der Waals surface area contributed by atoms with E-state index in [4.69, 9.17) is 4.74 Å². The topological polar surface area (TPSA) is 19.0 Å². The van der Waals surface area contributed by atoms with Crippen LogP contribution in [-0.2, 0) is 4.74 Å². The van der Waals surface area contributed by atoms with E-state index in [1.54, 1.807) is 5.56 Å². The molecule has 34 heavy (non-hydrogen) atoms. The first-order valence-corrected chi connectivity index (χ1v) is 14.1. The highest BCUT2D eigenvalue weighted by Crippen LogP contribution is 2.53. The Morgan fingerprint density at radius 3 is 2.15 bits per heavy atom. The zero-order valence-electron chi connectivity index (χ0n) is 21.9. The van der Waals surface area contributed by atoms with Crippen LogP contribution in [0.1, 0.15) is 90.0 Å². The van der Waals surface area contributed by atoms with Gasteiger partial charge < -0.3 is 14.5 Å². The molecular weight excluding hydrogens is 442 g/mol. The van der Waals surface area contributed by atoms with E-state index in [-0.39, 0.29) is 12.4 Å². The van der Waals surface area contributed by atoms with Gasteiger partial charge in [0.05, 0.1) is 12.2 Å². The highest BCUT2D eigenvalue weighted by Gasteiger charge is 2.38. The van der Waals surface area contributed by atoms with E-state index in [1.807, 2.05) is 0 Å². The van der Waals surface area contributed by atoms with Crippen LogP contribution in [0.25, 0.3) is 0 Å². The van der Waals surface area contributed by atoms with Crippen molar-refractivity contribution >= 4 is 23.8 Å². The number of benzene rings is 1. The molecule has 5 rings (SSSR count). The van der Waals surface area contributed by atoms with E-state index in [9.17, 15) is 0 Å². The van der Waals surface area contributed by atoms with Crippen molar-refractivity contribution < 1.29 is 4.74 Å². The van der Waals surface area contributed by atoms with E-state index < -0.39 is 0 Å². The Kier molecular flexibility index (Phi) is 8.75. The van der Waals surface area contributed by atoms with Gasteiger partial charge in [0.2, 0.25) is 0 Å². The maximum atomic E-state index is 6.03. The van der Waals surface area contributed by atoms with Crippen molar-refractivity contribution in [3.8, 4) is 0 Å². The van der Waals surface area contributed by atoms with Crippen LogP contribution in [-0.4, -0.2) is 62.9 Å². The number of halogens is 1. The van der Waals surface area contributed by atoms with E-state index in [0.717, 1.165) is 19.0 Å². The van der Waals surface area contributed by atoms with Crippen molar-refractivity contribution in [3.05, 3.63) is 23.8 Å². The summed E-state index contributed by atoms with van der Waals surface area (Å²) in [6, 6.07) is 7.48. The van der Waals surface area contributed by atoms with Crippen LogP contribution in [0.2, 0.25) is 0 Å². The van der Waals surface area contributed by atoms with E-state index in [2.05, 4.69) is 53.7 Å². The van der Waals surface area contributed by atoms with Gasteiger partial charge >= 0.3 is 0 Å². The van der Waals surface area contributed by atoms with Crippen molar-refractivity contribution in [2.75, 3.05) is 55.6 Å². The zero-order chi connectivity index (χ0) is 22.8. The molecular formula is C29H48ClN3O. The van der Waals surface area contributed by atoms with E-state index in [0.29, 0.717) is 17.6 Å². The third kappa shape index (κ3) is 5.71. The number of hydrogen-bond donors (Lipinski definition) is 0. The quantitative estimate of drug-likeness (QED) is 0.471. The SMILES string of the molecule is CCCN1CCN(c2ccc(N3C[C@@H](C)O[C@@H](C)C3)cc2C2CCC3(CCCC3)CC2)CC1.Cl. The Morgan fingerprint density at radius 1 is 0.882 bits per heavy atom. The van der Waals surface area contributed by atoms with Gasteiger partial charge in [-0.1, -0.05) is 19.8 Å². The Morgan fingerprint density at radius 2 is 1.53 bits per heavy atom. The number of ether oxygens (including phenoxy) is 1. The minimum absolute atomic E-state index is 0. The van der Waals surface area contributed by atoms with Gasteiger partial charge in [0, 0.05) is 50.6 Å². The number of rotatable bonds is 5. The van der Waals surface area contributed by atoms with Crippen molar-refractivity contribution in [1.82, 2.24) is 4.90 Å². The summed E-state index contributed by atoms with van der Waals surface area (Å²) in [6.45, 7) is 14.8. The molecule has 4 aliphatic rings. The maximum Gasteiger partial charge on any atom is 0.0726 e. The lowest BCUT2D eigenvalue weighted by Gasteiger charge is -2.42. The second-order valence-electron chi connectivity index (χ2n) is 11.7. The van der Waals surface area contributed by atoms with Gasteiger partial charge in [0.15, 0.2) is 0 Å². The number of morpholine rings is 1. The third-order valence-electron chi connectivity index (χ3n) is 9.20. The molecule has 4 fully saturated rings. The van der Waals surface area contributed by atoms with Gasteiger partial charge in [-0.3, -0.25) is 4.90 Å². The average Bonchev–Trinajstić information content (AvgIpc) is 3.27. The molecule has 1 aromatic rings. The van der Waals surface area contributed by atoms with E-state index >= 15 is 0 Å². The van der Waals surface area contributed by atoms with Crippen LogP contribution in [0.3, 0.4) is 0 Å². The highest BCUT2D eigenvalue weighted by molar-refractivity contribution is 5.85. The van der Waals surface area contributed by atoms with Crippen LogP contribution in [0.15, 0.2) is 18.2 Å². The molecule has 2 heterocycles. The van der Waals surface area contributed by atoms with E-state index in [1.165, 1.54) is 102 Å². The fraction of sp³-hybridized carbons (Fsp3) is 0.793. The molecule has 0 amide bonds. The third-order valence-corrected chi connectivity index (χ3v) is 9.20. The molecule has 2 aliphatic heterocycles. The minimum atomic E-state index is 0. The Labute approximate surface area is 214 Å². The van der Waals surface area contributed by atoms with Crippen LogP contribution in [0.5, 0.6) is 0 Å². The van der Waals surface area contributed by atoms with Crippen LogP contribution >= 0.6 is 12.4 Å². The molecule has 2 aliphatic carbocycles. The second kappa shape index (κ2) is 11.4. The maximum absolute atomic E-state index is 6.03. The normalized spacial score (nSPS) is 28.3. The molecule has 0 N–H and O–H groups in total. The summed E-state index contributed by atoms with van der Waals surface area (Å²) in [7, 11) is 0. The molecule has 2 saturated heterocycles. The van der Waals surface area contributed by atoms with Crippen molar-refractivity contribution in [3.63, 3.8) is 0 Å². The van der Waals surface area contributed by atoms with Crippen LogP contribution in [0.4, 0.5) is 11.4 Å². The summed E-state index contributed by atoms with van der Waals surface area (Å²) >= 11 is 0. The Hall–Kier alpha value is -0.970. The van der Waals surface area contributed by atoms with Crippen LogP contribution < -0.4 is 9.80 Å². The molecule has 0 radical (unpaired) electrons. The summed E-state index contributed by atoms with van der Waals surface area (Å²) in [6.07, 6.45) is 13.5. The lowest BCUT2D eigenvalue weighted by atomic mass is 9.68. The number of nitrogens with zero attached hydrogens (tertiary/aromatic N) is 3. The molecule has 1 aromatic carbocycles. The molecule has 192 valence electrons. The number of hydrogen-bond acceptors (Lipinski definition) is 4. The lowest BCUT2D eigenvalue weighted by Crippen LogP contribution is -2.47. The fourth-order valence-corrected chi connectivity index (χ4v) is 7.44. The van der Waals surface area contributed by atoms with Gasteiger partial charge in [0.1, 0.15) is 0 Å². The standard InChI is InChI=1S/C29H47N3O.ClH/c1-4-15-30-16-18-31(19-17-30)28-8-7-26(32-21-23(2)33-24(3)22-32)20-27(28)25-9-13-29(14-10-25)11-5-6-12-29;/h7-8,20,23-25H,4-6,9-19,21-22H2,1-3H3;1H/t23-,24+;. The molecule has 1 spiro atoms. The zero-order valence-corrected chi connectivity index (χ0v) is 22.8. The average molecular weight is 490 g/mol. The van der Waals surface area contributed by atoms with Gasteiger partial charge in [0.25, 0.3) is 0 Å². The molecule has 2 saturated carbocycles. The van der Waals surface area contributed by atoms with Gasteiger partial charge in [-0.15, -0.1) is 12.4 Å². The first-order chi connectivity index (χ1) is 16.0. The van der Waals surface area contributed by atoms with Gasteiger partial charge in [-0.2, -0.15) is 0 Å². The lowest BCUT2D eigenvalue weighted by molar-refractivity contribution is -0.00522. The summed E-state index contributed by atoms with van der Waals surface area (Å²) < 4.78 is 6.03. The molecule has 0 bridgehead atoms. The second-order valence-corrected chi connectivity index (χ2v) is 11.7. The predicted octanol–water partition coefficient (Wildman–Crippen LogP) is 6.47. The number of piperazine rings is 1. The Bertz CT molecular complexity index is 768. The monoisotopic (exact) mass is 489 g/mol. The first kappa shape index (κ1) is 26.1. The molecule has 4 nitrogen and oxygen atoms in total.